The first-order chi connectivity index (χ1) is 10.1. The van der Waals surface area contributed by atoms with Gasteiger partial charge in [-0.15, -0.1) is 0 Å². The van der Waals surface area contributed by atoms with Gasteiger partial charge in [-0.2, -0.15) is 0 Å². The maximum Gasteiger partial charge on any atom is 0.152 e. The van der Waals surface area contributed by atoms with Gasteiger partial charge in [-0.1, -0.05) is 41.5 Å². The number of nitrogens with two attached hydrogens (primary N) is 1. The van der Waals surface area contributed by atoms with Crippen molar-refractivity contribution in [3.63, 3.8) is 0 Å². The van der Waals surface area contributed by atoms with E-state index in [1.54, 1.807) is 0 Å². The molecule has 0 aliphatic heterocycles. The zero-order valence-electron chi connectivity index (χ0n) is 15.0. The summed E-state index contributed by atoms with van der Waals surface area (Å²) in [6.45, 7) is 11.3. The van der Waals surface area contributed by atoms with Gasteiger partial charge >= 0.3 is 0 Å². The van der Waals surface area contributed by atoms with E-state index in [2.05, 4.69) is 0 Å². The molecule has 3 atom stereocenters. The van der Waals surface area contributed by atoms with E-state index in [1.165, 1.54) is 0 Å². The first-order valence-corrected chi connectivity index (χ1v) is 8.43. The van der Waals surface area contributed by atoms with Crippen LogP contribution in [0.2, 0.25) is 0 Å². The predicted octanol–water partition coefficient (Wildman–Crippen LogP) is 3.17. The Bertz CT molecular complexity index is 388. The Balaban J connectivity index is 4.25. The summed E-state index contributed by atoms with van der Waals surface area (Å²) >= 11 is 0. The SMILES string of the molecule is CC(C)C(=O)CCC(N)C(=O)C(C)CCC(C)C(=O)C(C)C. The van der Waals surface area contributed by atoms with Crippen molar-refractivity contribution >= 4 is 17.3 Å². The summed E-state index contributed by atoms with van der Waals surface area (Å²) in [6, 6.07) is -0.575. The van der Waals surface area contributed by atoms with E-state index in [-0.39, 0.29) is 41.0 Å². The van der Waals surface area contributed by atoms with Crippen LogP contribution in [0.1, 0.15) is 67.2 Å². The lowest BCUT2D eigenvalue weighted by molar-refractivity contribution is -0.127. The van der Waals surface area contributed by atoms with Gasteiger partial charge in [-0.05, 0) is 19.3 Å². The van der Waals surface area contributed by atoms with Gasteiger partial charge in [-0.25, -0.2) is 0 Å². The number of ketones is 3. The molecule has 0 aromatic carbocycles. The Kier molecular flexibility index (Phi) is 9.42. The summed E-state index contributed by atoms with van der Waals surface area (Å²) < 4.78 is 0. The van der Waals surface area contributed by atoms with Crippen molar-refractivity contribution in [3.8, 4) is 0 Å². The van der Waals surface area contributed by atoms with Gasteiger partial charge < -0.3 is 5.73 Å². The van der Waals surface area contributed by atoms with Crippen LogP contribution in [0.25, 0.3) is 0 Å². The zero-order valence-corrected chi connectivity index (χ0v) is 15.0. The average molecular weight is 311 g/mol. The largest absolute Gasteiger partial charge is 0.321 e. The Labute approximate surface area is 135 Å². The van der Waals surface area contributed by atoms with Crippen molar-refractivity contribution in [2.45, 2.75) is 73.3 Å². The topological polar surface area (TPSA) is 77.2 Å². The van der Waals surface area contributed by atoms with Crippen LogP contribution < -0.4 is 5.73 Å². The van der Waals surface area contributed by atoms with Gasteiger partial charge in [0.15, 0.2) is 5.78 Å². The average Bonchev–Trinajstić information content (AvgIpc) is 2.47. The fourth-order valence-electron chi connectivity index (χ4n) is 2.45. The number of hydrogen-bond donors (Lipinski definition) is 1. The summed E-state index contributed by atoms with van der Waals surface area (Å²) in [5.41, 5.74) is 5.91. The Morgan fingerprint density at radius 2 is 1.18 bits per heavy atom. The van der Waals surface area contributed by atoms with Crippen molar-refractivity contribution in [3.05, 3.63) is 0 Å². The van der Waals surface area contributed by atoms with Crippen LogP contribution in [-0.2, 0) is 14.4 Å². The molecule has 0 bridgehead atoms. The minimum atomic E-state index is -0.575. The maximum absolute atomic E-state index is 12.2. The molecule has 4 nitrogen and oxygen atoms in total. The normalized spacial score (nSPS) is 15.7. The summed E-state index contributed by atoms with van der Waals surface area (Å²) in [7, 11) is 0. The van der Waals surface area contributed by atoms with Crippen LogP contribution in [0, 0.1) is 23.7 Å². The Morgan fingerprint density at radius 3 is 1.59 bits per heavy atom. The van der Waals surface area contributed by atoms with Crippen molar-refractivity contribution in [1.82, 2.24) is 0 Å². The van der Waals surface area contributed by atoms with E-state index in [4.69, 9.17) is 5.73 Å². The van der Waals surface area contributed by atoms with Gasteiger partial charge in [0.05, 0.1) is 6.04 Å². The van der Waals surface area contributed by atoms with Crippen molar-refractivity contribution in [2.75, 3.05) is 0 Å². The third-order valence-electron chi connectivity index (χ3n) is 4.28. The highest BCUT2D eigenvalue weighted by Gasteiger charge is 2.23. The Hall–Kier alpha value is -1.03. The van der Waals surface area contributed by atoms with Crippen LogP contribution in [0.4, 0.5) is 0 Å². The van der Waals surface area contributed by atoms with Gasteiger partial charge in [0.25, 0.3) is 0 Å². The highest BCUT2D eigenvalue weighted by Crippen LogP contribution is 2.18. The highest BCUT2D eigenvalue weighted by molar-refractivity contribution is 5.87. The maximum atomic E-state index is 12.2. The molecule has 0 fully saturated rings. The van der Waals surface area contributed by atoms with Crippen LogP contribution in [0.5, 0.6) is 0 Å². The Morgan fingerprint density at radius 1 is 0.727 bits per heavy atom. The minimum absolute atomic E-state index is 0.000696. The fraction of sp³-hybridized carbons (Fsp3) is 0.833. The molecule has 22 heavy (non-hydrogen) atoms. The van der Waals surface area contributed by atoms with Gasteiger partial charge in [-0.3, -0.25) is 14.4 Å². The van der Waals surface area contributed by atoms with E-state index in [9.17, 15) is 14.4 Å². The fourth-order valence-corrected chi connectivity index (χ4v) is 2.45. The van der Waals surface area contributed by atoms with E-state index < -0.39 is 6.04 Å². The lowest BCUT2D eigenvalue weighted by Gasteiger charge is -2.18. The van der Waals surface area contributed by atoms with Gasteiger partial charge in [0.1, 0.15) is 11.6 Å². The molecular weight excluding hydrogens is 278 g/mol. The third-order valence-corrected chi connectivity index (χ3v) is 4.28. The van der Waals surface area contributed by atoms with Crippen molar-refractivity contribution in [2.24, 2.45) is 29.4 Å². The molecule has 0 amide bonds. The number of carbonyl (C=O) groups excluding carboxylic acids is 3. The molecule has 0 radical (unpaired) electrons. The molecule has 4 heteroatoms. The number of Topliss-reactive ketones (excluding diaryl/α,β-unsaturated/α-hetero) is 3. The molecule has 0 aromatic heterocycles. The van der Waals surface area contributed by atoms with E-state index in [1.807, 2.05) is 41.5 Å². The van der Waals surface area contributed by atoms with Gasteiger partial charge in [0, 0.05) is 30.1 Å². The molecule has 2 N–H and O–H groups in total. The first-order valence-electron chi connectivity index (χ1n) is 8.43. The number of hydrogen-bond acceptors (Lipinski definition) is 4. The molecule has 0 saturated carbocycles. The lowest BCUT2D eigenvalue weighted by atomic mass is 9.87. The summed E-state index contributed by atoms with van der Waals surface area (Å²) in [5, 5.41) is 0. The number of rotatable bonds is 11. The van der Waals surface area contributed by atoms with Crippen LogP contribution >= 0.6 is 0 Å². The number of carbonyl (C=O) groups is 3. The minimum Gasteiger partial charge on any atom is -0.321 e. The summed E-state index contributed by atoms with van der Waals surface area (Å²) in [5.74, 6) is 0.229. The summed E-state index contributed by atoms with van der Waals surface area (Å²) in [6.07, 6.45) is 2.16. The van der Waals surface area contributed by atoms with E-state index in [0.29, 0.717) is 25.7 Å². The quantitative estimate of drug-likeness (QED) is 0.636. The van der Waals surface area contributed by atoms with Crippen molar-refractivity contribution < 1.29 is 14.4 Å². The van der Waals surface area contributed by atoms with Crippen molar-refractivity contribution in [1.29, 1.82) is 0 Å². The van der Waals surface area contributed by atoms with Crippen LogP contribution in [0.3, 0.4) is 0 Å². The molecule has 0 spiro atoms. The summed E-state index contributed by atoms with van der Waals surface area (Å²) in [4.78, 5) is 35.7. The first kappa shape index (κ1) is 21.0. The van der Waals surface area contributed by atoms with E-state index in [0.717, 1.165) is 0 Å². The second-order valence-electron chi connectivity index (χ2n) is 7.11. The highest BCUT2D eigenvalue weighted by atomic mass is 16.1. The van der Waals surface area contributed by atoms with E-state index >= 15 is 0 Å². The standard InChI is InChI=1S/C18H33NO3/c1-11(2)16(20)10-9-15(19)18(22)14(6)8-7-13(5)17(21)12(3)4/h11-15H,7-10,19H2,1-6H3. The molecule has 3 unspecified atom stereocenters. The molecule has 0 aliphatic carbocycles. The molecule has 0 rings (SSSR count). The monoisotopic (exact) mass is 311 g/mol. The molecule has 0 aliphatic rings. The molecular formula is C18H33NO3. The molecule has 0 heterocycles. The van der Waals surface area contributed by atoms with Crippen LogP contribution in [0.15, 0.2) is 0 Å². The van der Waals surface area contributed by atoms with Crippen LogP contribution in [-0.4, -0.2) is 23.4 Å². The third kappa shape index (κ3) is 7.30. The smallest absolute Gasteiger partial charge is 0.152 e. The second-order valence-corrected chi connectivity index (χ2v) is 7.11. The van der Waals surface area contributed by atoms with Gasteiger partial charge in [0.2, 0.25) is 0 Å². The zero-order chi connectivity index (χ0) is 17.4. The lowest BCUT2D eigenvalue weighted by Crippen LogP contribution is -2.35. The molecule has 0 saturated heterocycles. The second kappa shape index (κ2) is 9.88. The molecule has 0 aromatic rings. The molecule has 128 valence electrons. The predicted molar refractivity (Wildman–Crippen MR) is 89.5 cm³/mol.